The molecule has 0 saturated carbocycles. The SMILES string of the molecule is CC(N)Cc1ccc(N2CCN(C)CC2)cc1Br. The van der Waals surface area contributed by atoms with Crippen molar-refractivity contribution in [2.75, 3.05) is 38.1 Å². The Hall–Kier alpha value is -0.580. The van der Waals surface area contributed by atoms with Crippen LogP contribution in [0.2, 0.25) is 0 Å². The maximum Gasteiger partial charge on any atom is 0.0378 e. The maximum atomic E-state index is 5.85. The summed E-state index contributed by atoms with van der Waals surface area (Å²) in [4.78, 5) is 4.82. The van der Waals surface area contributed by atoms with Gasteiger partial charge in [-0.3, -0.25) is 0 Å². The Labute approximate surface area is 118 Å². The fourth-order valence-corrected chi connectivity index (χ4v) is 2.84. The highest BCUT2D eigenvalue weighted by Gasteiger charge is 2.15. The molecule has 1 aliphatic rings. The van der Waals surface area contributed by atoms with Gasteiger partial charge in [0.2, 0.25) is 0 Å². The molecule has 1 aromatic rings. The van der Waals surface area contributed by atoms with Crippen LogP contribution in [0.25, 0.3) is 0 Å². The molecule has 4 heteroatoms. The van der Waals surface area contributed by atoms with Crippen LogP contribution >= 0.6 is 15.9 Å². The third kappa shape index (κ3) is 3.46. The smallest absolute Gasteiger partial charge is 0.0378 e. The van der Waals surface area contributed by atoms with Gasteiger partial charge in [-0.25, -0.2) is 0 Å². The number of benzene rings is 1. The molecule has 3 nitrogen and oxygen atoms in total. The molecule has 2 rings (SSSR count). The molecule has 0 aliphatic carbocycles. The third-order valence-electron chi connectivity index (χ3n) is 3.45. The van der Waals surface area contributed by atoms with Crippen molar-refractivity contribution in [3.05, 3.63) is 28.2 Å². The summed E-state index contributed by atoms with van der Waals surface area (Å²) >= 11 is 3.66. The number of nitrogens with zero attached hydrogens (tertiary/aromatic N) is 2. The second-order valence-corrected chi connectivity index (χ2v) is 6.10. The van der Waals surface area contributed by atoms with Gasteiger partial charge in [0, 0.05) is 42.4 Å². The molecule has 1 aromatic carbocycles. The molecule has 2 N–H and O–H groups in total. The molecule has 18 heavy (non-hydrogen) atoms. The van der Waals surface area contributed by atoms with Crippen molar-refractivity contribution in [1.82, 2.24) is 4.90 Å². The maximum absolute atomic E-state index is 5.85. The van der Waals surface area contributed by atoms with Crippen LogP contribution in [0, 0.1) is 0 Å². The Bertz CT molecular complexity index is 398. The van der Waals surface area contributed by atoms with Gasteiger partial charge in [0.15, 0.2) is 0 Å². The Morgan fingerprint density at radius 3 is 2.50 bits per heavy atom. The van der Waals surface area contributed by atoms with Crippen molar-refractivity contribution < 1.29 is 0 Å². The molecule has 1 aliphatic heterocycles. The van der Waals surface area contributed by atoms with E-state index in [1.807, 2.05) is 6.92 Å². The van der Waals surface area contributed by atoms with Crippen LogP contribution in [0.3, 0.4) is 0 Å². The van der Waals surface area contributed by atoms with E-state index in [1.165, 1.54) is 15.7 Å². The van der Waals surface area contributed by atoms with Gasteiger partial charge in [-0.2, -0.15) is 0 Å². The lowest BCUT2D eigenvalue weighted by molar-refractivity contribution is 0.313. The number of piperazine rings is 1. The average molecular weight is 312 g/mol. The zero-order valence-corrected chi connectivity index (χ0v) is 12.8. The molecule has 1 fully saturated rings. The number of rotatable bonds is 3. The van der Waals surface area contributed by atoms with Gasteiger partial charge in [0.1, 0.15) is 0 Å². The van der Waals surface area contributed by atoms with E-state index in [1.54, 1.807) is 0 Å². The lowest BCUT2D eigenvalue weighted by Gasteiger charge is -2.34. The number of anilines is 1. The molecule has 100 valence electrons. The minimum absolute atomic E-state index is 0.204. The standard InChI is InChI=1S/C14H22BrN3/c1-11(16)9-12-3-4-13(10-14(12)15)18-7-5-17(2)6-8-18/h3-4,10-11H,5-9,16H2,1-2H3. The molecule has 1 unspecified atom stereocenters. The molecule has 1 atom stereocenters. The number of likely N-dealkylation sites (N-methyl/N-ethyl adjacent to an activating group) is 1. The first-order valence-electron chi connectivity index (χ1n) is 6.54. The van der Waals surface area contributed by atoms with Crippen molar-refractivity contribution in [1.29, 1.82) is 0 Å². The zero-order valence-electron chi connectivity index (χ0n) is 11.2. The average Bonchev–Trinajstić information content (AvgIpc) is 2.32. The van der Waals surface area contributed by atoms with Crippen LogP contribution in [-0.4, -0.2) is 44.2 Å². The summed E-state index contributed by atoms with van der Waals surface area (Å²) in [6.07, 6.45) is 0.920. The van der Waals surface area contributed by atoms with Gasteiger partial charge >= 0.3 is 0 Å². The molecule has 0 spiro atoms. The van der Waals surface area contributed by atoms with Crippen LogP contribution < -0.4 is 10.6 Å². The van der Waals surface area contributed by atoms with Crippen molar-refractivity contribution in [3.8, 4) is 0 Å². The molecule has 1 heterocycles. The number of hydrogen-bond acceptors (Lipinski definition) is 3. The highest BCUT2D eigenvalue weighted by Crippen LogP contribution is 2.25. The first kappa shape index (κ1) is 13.8. The minimum Gasteiger partial charge on any atom is -0.369 e. The van der Waals surface area contributed by atoms with Crippen LogP contribution in [0.1, 0.15) is 12.5 Å². The van der Waals surface area contributed by atoms with Crippen molar-refractivity contribution >= 4 is 21.6 Å². The van der Waals surface area contributed by atoms with Gasteiger partial charge in [-0.1, -0.05) is 22.0 Å². The number of halogens is 1. The summed E-state index contributed by atoms with van der Waals surface area (Å²) in [7, 11) is 2.18. The van der Waals surface area contributed by atoms with Gasteiger partial charge in [0.05, 0.1) is 0 Å². The van der Waals surface area contributed by atoms with Crippen LogP contribution in [0.4, 0.5) is 5.69 Å². The van der Waals surface area contributed by atoms with Gasteiger partial charge < -0.3 is 15.5 Å². The Morgan fingerprint density at radius 2 is 1.94 bits per heavy atom. The van der Waals surface area contributed by atoms with Gasteiger partial charge in [-0.05, 0) is 38.1 Å². The van der Waals surface area contributed by atoms with E-state index >= 15 is 0 Å². The van der Waals surface area contributed by atoms with Crippen LogP contribution in [0.5, 0.6) is 0 Å². The molecule has 1 saturated heterocycles. The zero-order chi connectivity index (χ0) is 13.1. The summed E-state index contributed by atoms with van der Waals surface area (Å²) in [5.41, 5.74) is 8.46. The van der Waals surface area contributed by atoms with Crippen molar-refractivity contribution in [2.45, 2.75) is 19.4 Å². The fraction of sp³-hybridized carbons (Fsp3) is 0.571. The molecular weight excluding hydrogens is 290 g/mol. The Balaban J connectivity index is 2.08. The van der Waals surface area contributed by atoms with E-state index in [2.05, 4.69) is 51.0 Å². The molecule has 0 radical (unpaired) electrons. The Kier molecular flexibility index (Phi) is 4.65. The predicted octanol–water partition coefficient (Wildman–Crippen LogP) is 2.09. The van der Waals surface area contributed by atoms with E-state index in [-0.39, 0.29) is 6.04 Å². The quantitative estimate of drug-likeness (QED) is 0.928. The number of hydrogen-bond donors (Lipinski definition) is 1. The lowest BCUT2D eigenvalue weighted by atomic mass is 10.1. The van der Waals surface area contributed by atoms with Gasteiger partial charge in [0.25, 0.3) is 0 Å². The summed E-state index contributed by atoms with van der Waals surface area (Å²) in [6.45, 7) is 6.53. The molecule has 0 amide bonds. The van der Waals surface area contributed by atoms with Crippen LogP contribution in [0.15, 0.2) is 22.7 Å². The molecular formula is C14H22BrN3. The summed E-state index contributed by atoms with van der Waals surface area (Å²) in [6, 6.07) is 6.84. The first-order valence-corrected chi connectivity index (χ1v) is 7.33. The topological polar surface area (TPSA) is 32.5 Å². The normalized spacial score (nSPS) is 19.0. The van der Waals surface area contributed by atoms with Crippen molar-refractivity contribution in [2.24, 2.45) is 5.73 Å². The molecule has 0 bridgehead atoms. The van der Waals surface area contributed by atoms with E-state index in [0.717, 1.165) is 32.6 Å². The van der Waals surface area contributed by atoms with Crippen LogP contribution in [-0.2, 0) is 6.42 Å². The minimum atomic E-state index is 0.204. The van der Waals surface area contributed by atoms with Crippen molar-refractivity contribution in [3.63, 3.8) is 0 Å². The second kappa shape index (κ2) is 6.04. The monoisotopic (exact) mass is 311 g/mol. The Morgan fingerprint density at radius 1 is 1.28 bits per heavy atom. The predicted molar refractivity (Wildman–Crippen MR) is 81.2 cm³/mol. The highest BCUT2D eigenvalue weighted by molar-refractivity contribution is 9.10. The van der Waals surface area contributed by atoms with E-state index in [4.69, 9.17) is 5.73 Å². The third-order valence-corrected chi connectivity index (χ3v) is 4.19. The summed E-state index contributed by atoms with van der Waals surface area (Å²) < 4.78 is 1.18. The van der Waals surface area contributed by atoms with Gasteiger partial charge in [-0.15, -0.1) is 0 Å². The second-order valence-electron chi connectivity index (χ2n) is 5.25. The fourth-order valence-electron chi connectivity index (χ4n) is 2.31. The van der Waals surface area contributed by atoms with E-state index < -0.39 is 0 Å². The van der Waals surface area contributed by atoms with E-state index in [0.29, 0.717) is 0 Å². The van der Waals surface area contributed by atoms with E-state index in [9.17, 15) is 0 Å². The highest BCUT2D eigenvalue weighted by atomic mass is 79.9. The lowest BCUT2D eigenvalue weighted by Crippen LogP contribution is -2.44. The first-order chi connectivity index (χ1) is 8.56. The summed E-state index contributed by atoms with van der Waals surface area (Å²) in [5.74, 6) is 0. The molecule has 0 aromatic heterocycles. The number of nitrogens with two attached hydrogens (primary N) is 1. The summed E-state index contributed by atoms with van der Waals surface area (Å²) in [5, 5.41) is 0. The largest absolute Gasteiger partial charge is 0.369 e.